The van der Waals surface area contributed by atoms with Crippen molar-refractivity contribution in [3.63, 3.8) is 0 Å². The Kier molecular flexibility index (Phi) is 6.57. The first-order chi connectivity index (χ1) is 15.1. The molecule has 1 aromatic heterocycles. The number of aliphatic hydroxyl groups excluding tert-OH is 1. The number of anilines is 1. The van der Waals surface area contributed by atoms with E-state index in [4.69, 9.17) is 25.8 Å². The van der Waals surface area contributed by atoms with Crippen molar-refractivity contribution in [3.05, 3.63) is 47.2 Å². The predicted octanol–water partition coefficient (Wildman–Crippen LogP) is 0.903. The van der Waals surface area contributed by atoms with Gasteiger partial charge >= 0.3 is 0 Å². The summed E-state index contributed by atoms with van der Waals surface area (Å²) in [6.07, 6.45) is 1.03. The summed E-state index contributed by atoms with van der Waals surface area (Å²) in [5, 5.41) is 30.2. The first-order valence-electron chi connectivity index (χ1n) is 9.68. The van der Waals surface area contributed by atoms with Gasteiger partial charge in [-0.3, -0.25) is 20.5 Å². The minimum atomic E-state index is -4.16. The molecule has 2 aromatic rings. The Morgan fingerprint density at radius 3 is 2.72 bits per heavy atom. The summed E-state index contributed by atoms with van der Waals surface area (Å²) < 4.78 is 29.6. The molecule has 0 aliphatic carbocycles. The van der Waals surface area contributed by atoms with E-state index < -0.39 is 15.9 Å². The quantitative estimate of drug-likeness (QED) is 0.334. The van der Waals surface area contributed by atoms with Gasteiger partial charge in [0, 0.05) is 23.2 Å². The number of amides is 1. The van der Waals surface area contributed by atoms with E-state index in [1.165, 1.54) is 21.9 Å². The first-order valence-corrected chi connectivity index (χ1v) is 11.2. The van der Waals surface area contributed by atoms with Crippen molar-refractivity contribution in [2.45, 2.75) is 31.3 Å². The zero-order valence-corrected chi connectivity index (χ0v) is 18.4. The summed E-state index contributed by atoms with van der Waals surface area (Å²) in [6, 6.07) is 7.28. The number of benzene rings is 1. The highest BCUT2D eigenvalue weighted by molar-refractivity contribution is 7.89. The fourth-order valence-electron chi connectivity index (χ4n) is 3.34. The van der Waals surface area contributed by atoms with Crippen LogP contribution in [-0.2, 0) is 16.6 Å². The van der Waals surface area contributed by atoms with Gasteiger partial charge in [0.25, 0.3) is 5.91 Å². The molecule has 0 spiro atoms. The van der Waals surface area contributed by atoms with Crippen LogP contribution in [0, 0.1) is 10.8 Å². The molecule has 170 valence electrons. The average Bonchev–Trinajstić information content (AvgIpc) is 3.07. The summed E-state index contributed by atoms with van der Waals surface area (Å²) in [7, 11) is -4.16. The lowest BCUT2D eigenvalue weighted by Crippen LogP contribution is -2.36. The van der Waals surface area contributed by atoms with Gasteiger partial charge in [0.15, 0.2) is 5.84 Å². The molecule has 2 heterocycles. The summed E-state index contributed by atoms with van der Waals surface area (Å²) >= 11 is 0. The molecule has 1 aliphatic rings. The average molecular weight is 461 g/mol. The van der Waals surface area contributed by atoms with Gasteiger partial charge in [0.1, 0.15) is 23.9 Å². The fourth-order valence-corrected chi connectivity index (χ4v) is 4.14. The molecule has 32 heavy (non-hydrogen) atoms. The molecule has 1 amide bonds. The molecule has 0 unspecified atom stereocenters. The fraction of sp³-hybridized carbons (Fsp3) is 0.300. The van der Waals surface area contributed by atoms with E-state index in [1.54, 1.807) is 18.2 Å². The van der Waals surface area contributed by atoms with E-state index in [2.05, 4.69) is 4.98 Å². The number of aliphatic hydroxyl groups is 1. The number of carbonyl (C=O) groups excluding carboxylic acids is 1. The Balaban J connectivity index is 2.02. The van der Waals surface area contributed by atoms with Crippen molar-refractivity contribution < 1.29 is 23.1 Å². The van der Waals surface area contributed by atoms with Gasteiger partial charge < -0.3 is 14.7 Å². The number of hydrogen-bond acceptors (Lipinski definition) is 8. The number of sulfonamides is 1. The summed E-state index contributed by atoms with van der Waals surface area (Å²) in [5.41, 5.74) is 0.580. The standard InChI is InChI=1S/C20H24N6O5S/c1-12(2)26(11-21)19(22)16-4-3-5-18(24-16)25-10-15-14(20(25)28)8-13(31-7-6-27)9-17(15)32(23,29)30/h3-5,8-9,11-12,21-22,27H,6-7,10H2,1-2H3,(H2,23,29,30). The van der Waals surface area contributed by atoms with Crippen molar-refractivity contribution in [2.24, 2.45) is 5.14 Å². The van der Waals surface area contributed by atoms with Crippen LogP contribution in [-0.4, -0.2) is 60.7 Å². The number of primary sulfonamides is 1. The molecule has 1 aliphatic heterocycles. The number of amidine groups is 1. The Hall–Kier alpha value is -3.35. The second-order valence-corrected chi connectivity index (χ2v) is 8.85. The van der Waals surface area contributed by atoms with Gasteiger partial charge in [-0.05, 0) is 32.0 Å². The highest BCUT2D eigenvalue weighted by Gasteiger charge is 2.35. The molecule has 0 bridgehead atoms. The van der Waals surface area contributed by atoms with E-state index in [0.29, 0.717) is 0 Å². The molecule has 11 nitrogen and oxygen atoms in total. The molecule has 5 N–H and O–H groups in total. The van der Waals surface area contributed by atoms with Crippen LogP contribution in [0.5, 0.6) is 5.75 Å². The third kappa shape index (κ3) is 4.47. The third-order valence-corrected chi connectivity index (χ3v) is 5.83. The van der Waals surface area contributed by atoms with E-state index >= 15 is 0 Å². The molecule has 1 aromatic carbocycles. The zero-order chi connectivity index (χ0) is 23.6. The number of nitrogens with zero attached hydrogens (tertiary/aromatic N) is 3. The van der Waals surface area contributed by atoms with Crippen LogP contribution in [0.2, 0.25) is 0 Å². The van der Waals surface area contributed by atoms with Crippen molar-refractivity contribution in [1.82, 2.24) is 9.88 Å². The second-order valence-electron chi connectivity index (χ2n) is 7.32. The molecule has 12 heteroatoms. The highest BCUT2D eigenvalue weighted by Crippen LogP contribution is 2.34. The number of carbonyl (C=O) groups is 1. The lowest BCUT2D eigenvalue weighted by molar-refractivity contribution is 0.0995. The second kappa shape index (κ2) is 9.02. The summed E-state index contributed by atoms with van der Waals surface area (Å²) in [6.45, 7) is 3.21. The topological polar surface area (TPSA) is 174 Å². The van der Waals surface area contributed by atoms with Gasteiger partial charge in [0.2, 0.25) is 10.0 Å². The van der Waals surface area contributed by atoms with Gasteiger partial charge in [0.05, 0.1) is 24.4 Å². The normalized spacial score (nSPS) is 13.3. The number of nitrogens with one attached hydrogen (secondary N) is 2. The molecule has 0 atom stereocenters. The number of fused-ring (bicyclic) bond motifs is 1. The Morgan fingerprint density at radius 2 is 2.12 bits per heavy atom. The maximum atomic E-state index is 13.1. The lowest BCUT2D eigenvalue weighted by atomic mass is 10.1. The molecular weight excluding hydrogens is 436 g/mol. The van der Waals surface area contributed by atoms with Crippen LogP contribution in [0.1, 0.15) is 35.5 Å². The SMILES string of the molecule is CC(C)N(C=N)C(=N)c1cccc(N2Cc3c(cc(OCCO)cc3S(N)(=O)=O)C2=O)n1. The van der Waals surface area contributed by atoms with Crippen LogP contribution in [0.15, 0.2) is 35.2 Å². The molecule has 0 saturated heterocycles. The van der Waals surface area contributed by atoms with Crippen molar-refractivity contribution in [3.8, 4) is 5.75 Å². The largest absolute Gasteiger partial charge is 0.491 e. The van der Waals surface area contributed by atoms with Crippen molar-refractivity contribution in [1.29, 1.82) is 10.8 Å². The monoisotopic (exact) mass is 460 g/mol. The summed E-state index contributed by atoms with van der Waals surface area (Å²) in [5.74, 6) is -0.186. The maximum absolute atomic E-state index is 13.1. The molecular formula is C20H24N6O5S. The van der Waals surface area contributed by atoms with Gasteiger partial charge in [-0.15, -0.1) is 0 Å². The van der Waals surface area contributed by atoms with Gasteiger partial charge in [-0.25, -0.2) is 18.5 Å². The number of rotatable bonds is 8. The van der Waals surface area contributed by atoms with Gasteiger partial charge in [-0.2, -0.15) is 0 Å². The predicted molar refractivity (Wildman–Crippen MR) is 118 cm³/mol. The van der Waals surface area contributed by atoms with E-state index in [9.17, 15) is 13.2 Å². The van der Waals surface area contributed by atoms with Crippen LogP contribution in [0.4, 0.5) is 5.82 Å². The van der Waals surface area contributed by atoms with Crippen LogP contribution in [0.25, 0.3) is 0 Å². The van der Waals surface area contributed by atoms with E-state index in [1.807, 2.05) is 13.8 Å². The van der Waals surface area contributed by atoms with Crippen LogP contribution >= 0.6 is 0 Å². The Bertz CT molecular complexity index is 1180. The van der Waals surface area contributed by atoms with Crippen LogP contribution < -0.4 is 14.8 Å². The Labute approximate surface area is 185 Å². The van der Waals surface area contributed by atoms with E-state index in [-0.39, 0.29) is 64.9 Å². The maximum Gasteiger partial charge on any atom is 0.260 e. The highest BCUT2D eigenvalue weighted by atomic mass is 32.2. The minimum Gasteiger partial charge on any atom is -0.491 e. The molecule has 3 rings (SSSR count). The van der Waals surface area contributed by atoms with Gasteiger partial charge in [-0.1, -0.05) is 6.07 Å². The number of nitrogens with two attached hydrogens (primary N) is 1. The number of hydrogen-bond donors (Lipinski definition) is 4. The lowest BCUT2D eigenvalue weighted by Gasteiger charge is -2.24. The number of pyridine rings is 1. The first kappa shape index (κ1) is 23.3. The van der Waals surface area contributed by atoms with Crippen molar-refractivity contribution >= 4 is 33.9 Å². The molecule has 0 fully saturated rings. The molecule has 0 saturated carbocycles. The van der Waals surface area contributed by atoms with Crippen molar-refractivity contribution in [2.75, 3.05) is 18.1 Å². The smallest absolute Gasteiger partial charge is 0.260 e. The zero-order valence-electron chi connectivity index (χ0n) is 17.6. The summed E-state index contributed by atoms with van der Waals surface area (Å²) in [4.78, 5) is 20.0. The van der Waals surface area contributed by atoms with Crippen LogP contribution in [0.3, 0.4) is 0 Å². The van der Waals surface area contributed by atoms with E-state index in [0.717, 1.165) is 6.34 Å². The third-order valence-electron chi connectivity index (χ3n) is 4.85. The minimum absolute atomic E-state index is 0.00840. The Morgan fingerprint density at radius 1 is 1.41 bits per heavy atom. The number of ether oxygens (including phenoxy) is 1. The number of aromatic nitrogens is 1. The molecule has 0 radical (unpaired) electrons.